The molecule has 0 spiro atoms. The number of carbonyl (C=O) groups excluding carboxylic acids is 1. The van der Waals surface area contributed by atoms with Crippen LogP contribution < -0.4 is 9.64 Å². The third kappa shape index (κ3) is 3.76. The molecule has 1 fully saturated rings. The maximum absolute atomic E-state index is 12.7. The van der Waals surface area contributed by atoms with Crippen molar-refractivity contribution in [2.45, 2.75) is 12.5 Å². The first-order valence-electron chi connectivity index (χ1n) is 7.74. The van der Waals surface area contributed by atoms with Crippen LogP contribution in [0, 0.1) is 0 Å². The first kappa shape index (κ1) is 16.5. The fourth-order valence-electron chi connectivity index (χ4n) is 2.62. The second-order valence-corrected chi connectivity index (χ2v) is 6.34. The quantitative estimate of drug-likeness (QED) is 0.851. The molecule has 1 atom stereocenters. The van der Waals surface area contributed by atoms with Crippen molar-refractivity contribution >= 4 is 23.2 Å². The Hall–Kier alpha value is -2.34. The first-order chi connectivity index (χ1) is 11.5. The maximum Gasteiger partial charge on any atom is 0.316 e. The molecule has 3 rings (SSSR count). The Labute approximate surface area is 146 Å². The van der Waals surface area contributed by atoms with Crippen molar-refractivity contribution in [3.63, 3.8) is 0 Å². The number of amides is 1. The molecule has 0 saturated carbocycles. The molecule has 7 heteroatoms. The standard InChI is InChI=1S/C17H19ClN4O2/c1-21(2)14-5-3-4-12(8-14)16(23)22-7-6-15(11-22)24-17-19-9-13(18)10-20-17/h3-5,8-10,15H,6-7,11H2,1-2H3/t15-/m0/s1. The number of rotatable bonds is 4. The Bertz CT molecular complexity index is 721. The summed E-state index contributed by atoms with van der Waals surface area (Å²) in [4.78, 5) is 24.5. The zero-order chi connectivity index (χ0) is 17.1. The third-order valence-electron chi connectivity index (χ3n) is 3.91. The summed E-state index contributed by atoms with van der Waals surface area (Å²) in [5.41, 5.74) is 1.69. The summed E-state index contributed by atoms with van der Waals surface area (Å²) in [6.45, 7) is 1.18. The van der Waals surface area contributed by atoms with Crippen LogP contribution in [0.2, 0.25) is 5.02 Å². The van der Waals surface area contributed by atoms with Gasteiger partial charge >= 0.3 is 6.01 Å². The Balaban J connectivity index is 1.63. The highest BCUT2D eigenvalue weighted by Crippen LogP contribution is 2.20. The molecule has 0 radical (unpaired) electrons. The second-order valence-electron chi connectivity index (χ2n) is 5.91. The van der Waals surface area contributed by atoms with Crippen molar-refractivity contribution < 1.29 is 9.53 Å². The van der Waals surface area contributed by atoms with E-state index in [0.717, 1.165) is 12.1 Å². The average Bonchev–Trinajstić information content (AvgIpc) is 3.05. The summed E-state index contributed by atoms with van der Waals surface area (Å²) in [5, 5.41) is 0.464. The predicted octanol–water partition coefficient (Wildman–Crippen LogP) is 2.49. The van der Waals surface area contributed by atoms with E-state index in [0.29, 0.717) is 23.7 Å². The molecule has 1 aliphatic rings. The fraction of sp³-hybridized carbons (Fsp3) is 0.353. The minimum absolute atomic E-state index is 0.0156. The van der Waals surface area contributed by atoms with Crippen molar-refractivity contribution in [3.8, 4) is 6.01 Å². The van der Waals surface area contributed by atoms with Gasteiger partial charge in [-0.3, -0.25) is 4.79 Å². The number of ether oxygens (including phenoxy) is 1. The lowest BCUT2D eigenvalue weighted by Gasteiger charge is -2.18. The molecule has 1 amide bonds. The Morgan fingerprint density at radius 1 is 1.33 bits per heavy atom. The molecule has 24 heavy (non-hydrogen) atoms. The number of nitrogens with zero attached hydrogens (tertiary/aromatic N) is 4. The molecule has 0 aliphatic carbocycles. The van der Waals surface area contributed by atoms with E-state index in [4.69, 9.17) is 16.3 Å². The SMILES string of the molecule is CN(C)c1cccc(C(=O)N2CC[C@H](Oc3ncc(Cl)cn3)C2)c1. The Kier molecular flexibility index (Phi) is 4.85. The number of aromatic nitrogens is 2. The van der Waals surface area contributed by atoms with E-state index in [2.05, 4.69) is 9.97 Å². The third-order valence-corrected chi connectivity index (χ3v) is 4.11. The highest BCUT2D eigenvalue weighted by atomic mass is 35.5. The molecule has 126 valence electrons. The number of anilines is 1. The maximum atomic E-state index is 12.7. The minimum atomic E-state index is -0.104. The molecule has 1 aromatic carbocycles. The van der Waals surface area contributed by atoms with Crippen LogP contribution in [-0.2, 0) is 0 Å². The summed E-state index contributed by atoms with van der Waals surface area (Å²) in [7, 11) is 3.91. The van der Waals surface area contributed by atoms with E-state index in [1.165, 1.54) is 12.4 Å². The lowest BCUT2D eigenvalue weighted by molar-refractivity contribution is 0.0769. The highest BCUT2D eigenvalue weighted by molar-refractivity contribution is 6.30. The summed E-state index contributed by atoms with van der Waals surface area (Å²) in [5.74, 6) is 0.0156. The van der Waals surface area contributed by atoms with Crippen molar-refractivity contribution in [2.24, 2.45) is 0 Å². The monoisotopic (exact) mass is 346 g/mol. The second kappa shape index (κ2) is 7.05. The van der Waals surface area contributed by atoms with Gasteiger partial charge in [-0.1, -0.05) is 17.7 Å². The molecular weight excluding hydrogens is 328 g/mol. The molecule has 0 unspecified atom stereocenters. The first-order valence-corrected chi connectivity index (χ1v) is 8.11. The number of carbonyl (C=O) groups is 1. The molecule has 6 nitrogen and oxygen atoms in total. The van der Waals surface area contributed by atoms with E-state index >= 15 is 0 Å². The van der Waals surface area contributed by atoms with Gasteiger partial charge in [0.25, 0.3) is 5.91 Å². The Morgan fingerprint density at radius 3 is 2.79 bits per heavy atom. The molecule has 2 heterocycles. The lowest BCUT2D eigenvalue weighted by atomic mass is 10.1. The molecule has 1 saturated heterocycles. The number of hydrogen-bond donors (Lipinski definition) is 0. The number of hydrogen-bond acceptors (Lipinski definition) is 5. The van der Waals surface area contributed by atoms with Gasteiger partial charge < -0.3 is 14.5 Å². The number of halogens is 1. The van der Waals surface area contributed by atoms with Gasteiger partial charge in [0.1, 0.15) is 6.10 Å². The molecule has 0 bridgehead atoms. The van der Waals surface area contributed by atoms with E-state index in [1.807, 2.05) is 43.3 Å². The van der Waals surface area contributed by atoms with Gasteiger partial charge in [-0.15, -0.1) is 0 Å². The van der Waals surface area contributed by atoms with Crippen LogP contribution in [0.5, 0.6) is 6.01 Å². The normalized spacial score (nSPS) is 17.0. The van der Waals surface area contributed by atoms with Crippen LogP contribution in [0.3, 0.4) is 0 Å². The number of benzene rings is 1. The fourth-order valence-corrected chi connectivity index (χ4v) is 2.72. The van der Waals surface area contributed by atoms with Gasteiger partial charge in [-0.25, -0.2) is 9.97 Å². The number of likely N-dealkylation sites (tertiary alicyclic amines) is 1. The van der Waals surface area contributed by atoms with E-state index in [1.54, 1.807) is 4.90 Å². The van der Waals surface area contributed by atoms with Crippen LogP contribution in [0.1, 0.15) is 16.8 Å². The molecule has 1 aliphatic heterocycles. The zero-order valence-electron chi connectivity index (χ0n) is 13.6. The summed E-state index contributed by atoms with van der Waals surface area (Å²) < 4.78 is 5.73. The molecular formula is C17H19ClN4O2. The largest absolute Gasteiger partial charge is 0.458 e. The molecule has 2 aromatic rings. The van der Waals surface area contributed by atoms with Crippen LogP contribution in [-0.4, -0.2) is 54.1 Å². The summed E-state index contributed by atoms with van der Waals surface area (Å²) in [6, 6.07) is 7.90. The lowest BCUT2D eigenvalue weighted by Crippen LogP contribution is -2.31. The van der Waals surface area contributed by atoms with Crippen molar-refractivity contribution in [3.05, 3.63) is 47.2 Å². The van der Waals surface area contributed by atoms with E-state index in [9.17, 15) is 4.79 Å². The predicted molar refractivity (Wildman–Crippen MR) is 92.7 cm³/mol. The van der Waals surface area contributed by atoms with Crippen molar-refractivity contribution in [2.75, 3.05) is 32.1 Å². The van der Waals surface area contributed by atoms with Crippen molar-refractivity contribution in [1.82, 2.24) is 14.9 Å². The van der Waals surface area contributed by atoms with Gasteiger partial charge in [0, 0.05) is 38.3 Å². The van der Waals surface area contributed by atoms with Gasteiger partial charge in [0.05, 0.1) is 24.0 Å². The van der Waals surface area contributed by atoms with E-state index in [-0.39, 0.29) is 18.0 Å². The van der Waals surface area contributed by atoms with Gasteiger partial charge in [-0.2, -0.15) is 0 Å². The molecule has 1 aromatic heterocycles. The van der Waals surface area contributed by atoms with Crippen LogP contribution in [0.15, 0.2) is 36.7 Å². The summed E-state index contributed by atoms with van der Waals surface area (Å²) in [6.07, 6.45) is 3.64. The van der Waals surface area contributed by atoms with Crippen molar-refractivity contribution in [1.29, 1.82) is 0 Å². The smallest absolute Gasteiger partial charge is 0.316 e. The average molecular weight is 347 g/mol. The van der Waals surface area contributed by atoms with Gasteiger partial charge in [-0.05, 0) is 18.2 Å². The van der Waals surface area contributed by atoms with Crippen LogP contribution in [0.4, 0.5) is 5.69 Å². The zero-order valence-corrected chi connectivity index (χ0v) is 14.4. The van der Waals surface area contributed by atoms with Crippen LogP contribution in [0.25, 0.3) is 0 Å². The highest BCUT2D eigenvalue weighted by Gasteiger charge is 2.29. The van der Waals surface area contributed by atoms with Crippen LogP contribution >= 0.6 is 11.6 Å². The Morgan fingerprint density at radius 2 is 2.08 bits per heavy atom. The molecule has 0 N–H and O–H groups in total. The van der Waals surface area contributed by atoms with Gasteiger partial charge in [0.2, 0.25) is 0 Å². The minimum Gasteiger partial charge on any atom is -0.458 e. The summed E-state index contributed by atoms with van der Waals surface area (Å²) >= 11 is 5.76. The van der Waals surface area contributed by atoms with E-state index < -0.39 is 0 Å². The van der Waals surface area contributed by atoms with Gasteiger partial charge in [0.15, 0.2) is 0 Å². The topological polar surface area (TPSA) is 58.6 Å².